The van der Waals surface area contributed by atoms with Crippen LogP contribution in [0.1, 0.15) is 18.9 Å². The van der Waals surface area contributed by atoms with Crippen molar-refractivity contribution in [2.45, 2.75) is 24.3 Å². The van der Waals surface area contributed by atoms with Crippen molar-refractivity contribution < 1.29 is 17.5 Å². The van der Waals surface area contributed by atoms with Crippen LogP contribution in [-0.4, -0.2) is 34.7 Å². The molecule has 7 heteroatoms. The van der Waals surface area contributed by atoms with E-state index < -0.39 is 15.8 Å². The second kappa shape index (κ2) is 8.10. The van der Waals surface area contributed by atoms with Crippen LogP contribution in [0.15, 0.2) is 23.1 Å². The van der Waals surface area contributed by atoms with Gasteiger partial charge in [0, 0.05) is 13.2 Å². The standard InChI is InChI=1S/C14H19FN2O3S/c1-3-12(10-20-2)17-21(18,19)13-7-6-11(5-4-8-16)14(15)9-13/h6-7,9,12,17H,3,8,10,16H2,1-2H3. The Hall–Kier alpha value is -1.46. The van der Waals surface area contributed by atoms with E-state index in [4.69, 9.17) is 10.5 Å². The SMILES string of the molecule is CCC(COC)NS(=O)(=O)c1ccc(C#CCN)c(F)c1. The van der Waals surface area contributed by atoms with Gasteiger partial charge in [-0.3, -0.25) is 0 Å². The first-order valence-corrected chi connectivity index (χ1v) is 7.92. The highest BCUT2D eigenvalue weighted by atomic mass is 32.2. The molecule has 0 radical (unpaired) electrons. The van der Waals surface area contributed by atoms with E-state index in [2.05, 4.69) is 16.6 Å². The van der Waals surface area contributed by atoms with Crippen molar-refractivity contribution in [3.8, 4) is 11.8 Å². The average Bonchev–Trinajstić information content (AvgIpc) is 2.45. The largest absolute Gasteiger partial charge is 0.383 e. The molecule has 21 heavy (non-hydrogen) atoms. The molecule has 0 spiro atoms. The van der Waals surface area contributed by atoms with Crippen LogP contribution in [0.5, 0.6) is 0 Å². The van der Waals surface area contributed by atoms with E-state index in [9.17, 15) is 12.8 Å². The van der Waals surface area contributed by atoms with E-state index in [1.54, 1.807) is 0 Å². The van der Waals surface area contributed by atoms with E-state index >= 15 is 0 Å². The summed E-state index contributed by atoms with van der Waals surface area (Å²) in [6.45, 7) is 2.19. The molecular weight excluding hydrogens is 295 g/mol. The van der Waals surface area contributed by atoms with Gasteiger partial charge in [-0.1, -0.05) is 18.8 Å². The summed E-state index contributed by atoms with van der Waals surface area (Å²) < 4.78 is 45.5. The Kier molecular flexibility index (Phi) is 6.78. The molecule has 1 rings (SSSR count). The normalized spacial score (nSPS) is 12.6. The van der Waals surface area contributed by atoms with E-state index in [1.807, 2.05) is 6.92 Å². The van der Waals surface area contributed by atoms with Crippen molar-refractivity contribution >= 4 is 10.0 Å². The van der Waals surface area contributed by atoms with Gasteiger partial charge in [-0.25, -0.2) is 17.5 Å². The number of nitrogens with two attached hydrogens (primary N) is 1. The molecule has 1 unspecified atom stereocenters. The van der Waals surface area contributed by atoms with Crippen molar-refractivity contribution in [1.29, 1.82) is 0 Å². The summed E-state index contributed by atoms with van der Waals surface area (Å²) in [5.41, 5.74) is 5.32. The molecule has 0 amide bonds. The van der Waals surface area contributed by atoms with Gasteiger partial charge in [0.15, 0.2) is 0 Å². The van der Waals surface area contributed by atoms with Gasteiger partial charge in [-0.05, 0) is 24.6 Å². The Labute approximate surface area is 124 Å². The number of nitrogens with one attached hydrogen (secondary N) is 1. The fourth-order valence-corrected chi connectivity index (χ4v) is 2.95. The third-order valence-electron chi connectivity index (χ3n) is 2.76. The molecule has 3 N–H and O–H groups in total. The number of sulfonamides is 1. The van der Waals surface area contributed by atoms with Crippen LogP contribution in [0, 0.1) is 17.7 Å². The molecule has 0 aliphatic carbocycles. The van der Waals surface area contributed by atoms with Crippen molar-refractivity contribution in [3.63, 3.8) is 0 Å². The lowest BCUT2D eigenvalue weighted by molar-refractivity contribution is 0.173. The number of hydrogen-bond donors (Lipinski definition) is 2. The van der Waals surface area contributed by atoms with E-state index in [0.717, 1.165) is 6.07 Å². The molecule has 0 aliphatic heterocycles. The van der Waals surface area contributed by atoms with Gasteiger partial charge in [-0.2, -0.15) is 0 Å². The van der Waals surface area contributed by atoms with Gasteiger partial charge in [0.25, 0.3) is 0 Å². The van der Waals surface area contributed by atoms with Gasteiger partial charge < -0.3 is 10.5 Å². The molecule has 1 aromatic rings. The average molecular weight is 314 g/mol. The lowest BCUT2D eigenvalue weighted by Gasteiger charge is -2.16. The zero-order valence-corrected chi connectivity index (χ0v) is 12.8. The number of benzene rings is 1. The fraction of sp³-hybridized carbons (Fsp3) is 0.429. The maximum atomic E-state index is 13.8. The predicted octanol–water partition coefficient (Wildman–Crippen LogP) is 0.839. The highest BCUT2D eigenvalue weighted by molar-refractivity contribution is 7.89. The van der Waals surface area contributed by atoms with Crippen molar-refractivity contribution in [2.24, 2.45) is 5.73 Å². The first-order chi connectivity index (χ1) is 9.94. The van der Waals surface area contributed by atoms with Crippen LogP contribution in [-0.2, 0) is 14.8 Å². The highest BCUT2D eigenvalue weighted by Gasteiger charge is 2.20. The van der Waals surface area contributed by atoms with E-state index in [0.29, 0.717) is 6.42 Å². The summed E-state index contributed by atoms with van der Waals surface area (Å²) in [6.07, 6.45) is 0.565. The maximum absolute atomic E-state index is 13.8. The smallest absolute Gasteiger partial charge is 0.241 e. The quantitative estimate of drug-likeness (QED) is 0.762. The summed E-state index contributed by atoms with van der Waals surface area (Å²) in [6, 6.07) is 3.22. The van der Waals surface area contributed by atoms with Crippen LogP contribution >= 0.6 is 0 Å². The van der Waals surface area contributed by atoms with Crippen LogP contribution in [0.4, 0.5) is 4.39 Å². The molecule has 1 atom stereocenters. The summed E-state index contributed by atoms with van der Waals surface area (Å²) in [7, 11) is -2.31. The summed E-state index contributed by atoms with van der Waals surface area (Å²) in [5.74, 6) is 4.36. The fourth-order valence-electron chi connectivity index (χ4n) is 1.63. The second-order valence-corrected chi connectivity index (χ2v) is 6.04. The number of hydrogen-bond acceptors (Lipinski definition) is 4. The number of ether oxygens (including phenoxy) is 1. The molecule has 1 aromatic carbocycles. The molecule has 0 aliphatic rings. The summed E-state index contributed by atoms with van der Waals surface area (Å²) >= 11 is 0. The predicted molar refractivity (Wildman–Crippen MR) is 78.6 cm³/mol. The van der Waals surface area contributed by atoms with Gasteiger partial charge in [0.2, 0.25) is 10.0 Å². The molecule has 0 saturated heterocycles. The van der Waals surface area contributed by atoms with Crippen LogP contribution in [0.25, 0.3) is 0 Å². The third-order valence-corrected chi connectivity index (χ3v) is 4.28. The molecule has 0 aromatic heterocycles. The van der Waals surface area contributed by atoms with Gasteiger partial charge in [0.1, 0.15) is 5.82 Å². The van der Waals surface area contributed by atoms with E-state index in [1.165, 1.54) is 19.2 Å². The number of methoxy groups -OCH3 is 1. The Morgan fingerprint density at radius 3 is 2.71 bits per heavy atom. The van der Waals surface area contributed by atoms with Crippen LogP contribution in [0.3, 0.4) is 0 Å². The number of rotatable bonds is 6. The minimum atomic E-state index is -3.80. The zero-order valence-electron chi connectivity index (χ0n) is 12.0. The lowest BCUT2D eigenvalue weighted by atomic mass is 10.2. The first-order valence-electron chi connectivity index (χ1n) is 6.44. The molecular formula is C14H19FN2O3S. The molecule has 0 saturated carbocycles. The van der Waals surface area contributed by atoms with Crippen molar-refractivity contribution in [1.82, 2.24) is 4.72 Å². The van der Waals surface area contributed by atoms with Gasteiger partial charge >= 0.3 is 0 Å². The minimum Gasteiger partial charge on any atom is -0.383 e. The monoisotopic (exact) mass is 314 g/mol. The molecule has 5 nitrogen and oxygen atoms in total. The zero-order chi connectivity index (χ0) is 15.9. The Morgan fingerprint density at radius 2 is 2.19 bits per heavy atom. The van der Waals surface area contributed by atoms with Gasteiger partial charge in [0.05, 0.1) is 23.6 Å². The summed E-state index contributed by atoms with van der Waals surface area (Å²) in [4.78, 5) is -0.146. The molecule has 0 bridgehead atoms. The Balaban J connectivity index is 3.01. The summed E-state index contributed by atoms with van der Waals surface area (Å²) in [5, 5.41) is 0. The third kappa shape index (κ3) is 5.10. The molecule has 0 heterocycles. The second-order valence-electron chi connectivity index (χ2n) is 4.33. The molecule has 116 valence electrons. The van der Waals surface area contributed by atoms with Crippen LogP contribution < -0.4 is 10.5 Å². The van der Waals surface area contributed by atoms with Crippen LogP contribution in [0.2, 0.25) is 0 Å². The highest BCUT2D eigenvalue weighted by Crippen LogP contribution is 2.15. The topological polar surface area (TPSA) is 81.4 Å². The van der Waals surface area contributed by atoms with Crippen molar-refractivity contribution in [3.05, 3.63) is 29.6 Å². The first kappa shape index (κ1) is 17.6. The van der Waals surface area contributed by atoms with Crippen molar-refractivity contribution in [2.75, 3.05) is 20.3 Å². The Bertz CT molecular complexity index is 635. The Morgan fingerprint density at radius 1 is 1.48 bits per heavy atom. The lowest BCUT2D eigenvalue weighted by Crippen LogP contribution is -2.37. The molecule has 0 fully saturated rings. The maximum Gasteiger partial charge on any atom is 0.241 e. The van der Waals surface area contributed by atoms with Gasteiger partial charge in [-0.15, -0.1) is 0 Å². The number of halogens is 1. The van der Waals surface area contributed by atoms with E-state index in [-0.39, 0.29) is 29.7 Å². The minimum absolute atomic E-state index is 0.107.